The summed E-state index contributed by atoms with van der Waals surface area (Å²) >= 11 is 1.13. The first-order valence-electron chi connectivity index (χ1n) is 8.85. The Morgan fingerprint density at radius 1 is 1.21 bits per heavy atom. The van der Waals surface area contributed by atoms with E-state index < -0.39 is 26.6 Å². The maximum absolute atomic E-state index is 14.4. The molecule has 1 aliphatic rings. The number of nitrogens with zero attached hydrogens (tertiary/aromatic N) is 2. The molecular formula is C19H21FN4O3S2. The lowest BCUT2D eigenvalue weighted by Crippen LogP contribution is -2.49. The van der Waals surface area contributed by atoms with Crippen molar-refractivity contribution in [1.29, 1.82) is 0 Å². The van der Waals surface area contributed by atoms with E-state index >= 15 is 0 Å². The molecule has 10 heteroatoms. The highest BCUT2D eigenvalue weighted by molar-refractivity contribution is 8.15. The van der Waals surface area contributed by atoms with Crippen LogP contribution in [0.2, 0.25) is 0 Å². The van der Waals surface area contributed by atoms with E-state index in [9.17, 15) is 17.6 Å². The fraction of sp³-hybridized carbons (Fsp3) is 0.263. The molecule has 1 heterocycles. The zero-order valence-electron chi connectivity index (χ0n) is 15.7. The van der Waals surface area contributed by atoms with Crippen molar-refractivity contribution in [2.24, 2.45) is 10.8 Å². The van der Waals surface area contributed by atoms with E-state index in [0.717, 1.165) is 11.8 Å². The largest absolute Gasteiger partial charge is 0.329 e. The number of carbonyl (C=O) groups excluding carboxylic acids is 1. The molecule has 3 rings (SSSR count). The maximum atomic E-state index is 14.4. The Balaban J connectivity index is 2.07. The first kappa shape index (κ1) is 21.4. The minimum Gasteiger partial charge on any atom is -0.329 e. The van der Waals surface area contributed by atoms with Crippen LogP contribution in [0.1, 0.15) is 18.1 Å². The van der Waals surface area contributed by atoms with Crippen LogP contribution in [0.3, 0.4) is 0 Å². The molecule has 1 unspecified atom stereocenters. The van der Waals surface area contributed by atoms with Gasteiger partial charge in [-0.3, -0.25) is 4.79 Å². The standard InChI is InChI=1S/C19H21FN4O3S2/c1-14(25)24-19(15-7-3-2-4-8-15,13-22-29(26,27)12-11-21)28-18(23-24)16-9-5-6-10-17(16)20/h2-10,22H,11-13,21H2,1H3. The van der Waals surface area contributed by atoms with E-state index in [-0.39, 0.29) is 24.4 Å². The van der Waals surface area contributed by atoms with Crippen molar-refractivity contribution in [3.05, 3.63) is 71.5 Å². The second kappa shape index (κ2) is 8.62. The van der Waals surface area contributed by atoms with Gasteiger partial charge in [0, 0.05) is 19.0 Å². The zero-order chi connectivity index (χ0) is 21.1. The summed E-state index contributed by atoms with van der Waals surface area (Å²) in [4.78, 5) is 11.3. The van der Waals surface area contributed by atoms with E-state index in [1.807, 2.05) is 6.07 Å². The summed E-state index contributed by atoms with van der Waals surface area (Å²) in [6, 6.07) is 15.0. The Morgan fingerprint density at radius 3 is 2.48 bits per heavy atom. The van der Waals surface area contributed by atoms with Gasteiger partial charge in [0.15, 0.2) is 4.87 Å². The molecule has 1 amide bonds. The van der Waals surface area contributed by atoms with Crippen LogP contribution in [-0.2, 0) is 19.7 Å². The molecule has 0 bridgehead atoms. The smallest absolute Gasteiger partial charge is 0.241 e. The second-order valence-corrected chi connectivity index (χ2v) is 9.59. The van der Waals surface area contributed by atoms with E-state index in [2.05, 4.69) is 9.82 Å². The van der Waals surface area contributed by atoms with E-state index in [1.165, 1.54) is 18.0 Å². The highest BCUT2D eigenvalue weighted by atomic mass is 32.2. The molecule has 0 aromatic heterocycles. The number of amides is 1. The summed E-state index contributed by atoms with van der Waals surface area (Å²) in [6.07, 6.45) is 0. The van der Waals surface area contributed by atoms with Crippen LogP contribution in [0.5, 0.6) is 0 Å². The number of carbonyl (C=O) groups is 1. The van der Waals surface area contributed by atoms with Crippen molar-refractivity contribution < 1.29 is 17.6 Å². The van der Waals surface area contributed by atoms with E-state index in [0.29, 0.717) is 10.6 Å². The molecule has 3 N–H and O–H groups in total. The number of nitrogens with two attached hydrogens (primary N) is 1. The molecule has 2 aromatic carbocycles. The summed E-state index contributed by atoms with van der Waals surface area (Å²) < 4.78 is 41.4. The van der Waals surface area contributed by atoms with Gasteiger partial charge in [-0.25, -0.2) is 22.5 Å². The maximum Gasteiger partial charge on any atom is 0.241 e. The SMILES string of the molecule is CC(=O)N1N=C(c2ccccc2F)SC1(CNS(=O)(=O)CCN)c1ccccc1. The average Bonchev–Trinajstić information content (AvgIpc) is 3.09. The van der Waals surface area contributed by atoms with Crippen LogP contribution in [0, 0.1) is 5.82 Å². The van der Waals surface area contributed by atoms with E-state index in [4.69, 9.17) is 5.73 Å². The van der Waals surface area contributed by atoms with E-state index in [1.54, 1.807) is 42.5 Å². The quantitative estimate of drug-likeness (QED) is 0.689. The normalized spacial score (nSPS) is 19.3. The third kappa shape index (κ3) is 4.50. The van der Waals surface area contributed by atoms with Crippen molar-refractivity contribution in [2.45, 2.75) is 11.8 Å². The number of hydrogen-bond acceptors (Lipinski definition) is 6. The highest BCUT2D eigenvalue weighted by Crippen LogP contribution is 2.47. The Bertz CT molecular complexity index is 1030. The number of halogens is 1. The molecule has 29 heavy (non-hydrogen) atoms. The van der Waals surface area contributed by atoms with Crippen molar-refractivity contribution in [3.63, 3.8) is 0 Å². The lowest BCUT2D eigenvalue weighted by Gasteiger charge is -2.35. The Hall–Kier alpha value is -2.27. The van der Waals surface area contributed by atoms with Gasteiger partial charge >= 0.3 is 0 Å². The molecular weight excluding hydrogens is 415 g/mol. The molecule has 0 saturated heterocycles. The lowest BCUT2D eigenvalue weighted by molar-refractivity contribution is -0.132. The van der Waals surface area contributed by atoms with Crippen LogP contribution < -0.4 is 10.5 Å². The minimum absolute atomic E-state index is 0.0335. The molecule has 1 atom stereocenters. The van der Waals surface area contributed by atoms with Gasteiger partial charge in [-0.1, -0.05) is 54.2 Å². The number of sulfonamides is 1. The van der Waals surface area contributed by atoms with Crippen LogP contribution in [0.25, 0.3) is 0 Å². The fourth-order valence-electron chi connectivity index (χ4n) is 2.99. The number of hydrazone groups is 1. The summed E-state index contributed by atoms with van der Waals surface area (Å²) in [5.74, 6) is -1.12. The topological polar surface area (TPSA) is 105 Å². The van der Waals surface area contributed by atoms with Crippen LogP contribution >= 0.6 is 11.8 Å². The zero-order valence-corrected chi connectivity index (χ0v) is 17.3. The lowest BCUT2D eigenvalue weighted by atomic mass is 10.1. The van der Waals surface area contributed by atoms with Gasteiger partial charge in [0.1, 0.15) is 10.9 Å². The van der Waals surface area contributed by atoms with Crippen molar-refractivity contribution in [2.75, 3.05) is 18.8 Å². The molecule has 0 radical (unpaired) electrons. The predicted octanol–water partition coefficient (Wildman–Crippen LogP) is 1.81. The van der Waals surface area contributed by atoms with Gasteiger partial charge in [0.05, 0.1) is 12.3 Å². The van der Waals surface area contributed by atoms with Crippen LogP contribution in [-0.4, -0.2) is 43.2 Å². The number of thioether (sulfide) groups is 1. The number of nitrogens with one attached hydrogen (secondary N) is 1. The van der Waals surface area contributed by atoms with Gasteiger partial charge in [-0.15, -0.1) is 0 Å². The molecule has 1 aliphatic heterocycles. The molecule has 0 fully saturated rings. The monoisotopic (exact) mass is 436 g/mol. The molecule has 0 aliphatic carbocycles. The first-order valence-corrected chi connectivity index (χ1v) is 11.3. The highest BCUT2D eigenvalue weighted by Gasteiger charge is 2.48. The van der Waals surface area contributed by atoms with Crippen molar-refractivity contribution in [1.82, 2.24) is 9.73 Å². The van der Waals surface area contributed by atoms with Gasteiger partial charge < -0.3 is 5.73 Å². The summed E-state index contributed by atoms with van der Waals surface area (Å²) in [6.45, 7) is 1.15. The molecule has 7 nitrogen and oxygen atoms in total. The fourth-order valence-corrected chi connectivity index (χ4v) is 5.34. The predicted molar refractivity (Wildman–Crippen MR) is 112 cm³/mol. The summed E-state index contributed by atoms with van der Waals surface area (Å²) in [7, 11) is -3.66. The molecule has 154 valence electrons. The summed E-state index contributed by atoms with van der Waals surface area (Å²) in [5.41, 5.74) is 6.28. The molecule has 0 saturated carbocycles. The third-order valence-corrected chi connectivity index (χ3v) is 7.09. The third-order valence-electron chi connectivity index (χ3n) is 4.34. The van der Waals surface area contributed by atoms with Crippen molar-refractivity contribution in [3.8, 4) is 0 Å². The van der Waals surface area contributed by atoms with Crippen LogP contribution in [0.15, 0.2) is 59.7 Å². The Morgan fingerprint density at radius 2 is 1.86 bits per heavy atom. The summed E-state index contributed by atoms with van der Waals surface area (Å²) in [5, 5.41) is 5.86. The number of benzene rings is 2. The number of hydrogen-bond donors (Lipinski definition) is 2. The minimum atomic E-state index is -3.66. The Labute approximate surface area is 173 Å². The van der Waals surface area contributed by atoms with Gasteiger partial charge in [-0.05, 0) is 17.7 Å². The molecule has 2 aromatic rings. The number of rotatable bonds is 7. The van der Waals surface area contributed by atoms with Gasteiger partial charge in [-0.2, -0.15) is 5.10 Å². The van der Waals surface area contributed by atoms with Gasteiger partial charge in [0.25, 0.3) is 0 Å². The van der Waals surface area contributed by atoms with Crippen LogP contribution in [0.4, 0.5) is 4.39 Å². The van der Waals surface area contributed by atoms with Gasteiger partial charge in [0.2, 0.25) is 15.9 Å². The molecule has 0 spiro atoms. The Kier molecular flexibility index (Phi) is 6.37. The first-order chi connectivity index (χ1) is 13.8. The van der Waals surface area contributed by atoms with Crippen molar-refractivity contribution >= 4 is 32.7 Å². The average molecular weight is 437 g/mol. The second-order valence-electron chi connectivity index (χ2n) is 6.40.